The van der Waals surface area contributed by atoms with Gasteiger partial charge in [0.1, 0.15) is 12.4 Å². The van der Waals surface area contributed by atoms with E-state index in [0.717, 1.165) is 4.57 Å². The predicted molar refractivity (Wildman–Crippen MR) is 47.8 cm³/mol. The van der Waals surface area contributed by atoms with Gasteiger partial charge < -0.3 is 15.8 Å². The third kappa shape index (κ3) is 2.13. The van der Waals surface area contributed by atoms with Crippen molar-refractivity contribution in [1.29, 1.82) is 0 Å². The molecule has 0 atom stereocenters. The summed E-state index contributed by atoms with van der Waals surface area (Å²) in [6, 6.07) is 0. The fourth-order valence-corrected chi connectivity index (χ4v) is 0.999. The number of hydrogen-bond donors (Lipinski definition) is 1. The molecule has 0 radical (unpaired) electrons. The summed E-state index contributed by atoms with van der Waals surface area (Å²) < 4.78 is 0.926. The molecule has 0 bridgehead atoms. The Balaban J connectivity index is 2.79. The number of nitro groups is 1. The van der Waals surface area contributed by atoms with Gasteiger partial charge in [0.05, 0.1) is 0 Å². The van der Waals surface area contributed by atoms with E-state index in [9.17, 15) is 14.9 Å². The lowest BCUT2D eigenvalue weighted by Crippen LogP contribution is -2.14. The third-order valence-corrected chi connectivity index (χ3v) is 1.65. The third-order valence-electron chi connectivity index (χ3n) is 1.65. The lowest BCUT2D eigenvalue weighted by molar-refractivity contribution is -0.395. The molecule has 1 heterocycles. The summed E-state index contributed by atoms with van der Waals surface area (Å²) in [4.78, 5) is 24.5. The number of nitrogens with two attached hydrogens (primary N) is 1. The van der Waals surface area contributed by atoms with Crippen LogP contribution in [-0.2, 0) is 0 Å². The molecule has 0 unspecified atom stereocenters. The molecule has 0 aliphatic rings. The Kier molecular flexibility index (Phi) is 3.29. The summed E-state index contributed by atoms with van der Waals surface area (Å²) in [5.41, 5.74) is 5.22. The summed E-state index contributed by atoms with van der Waals surface area (Å²) in [6.45, 7) is 0.383. The fraction of sp³-hybridized carbons (Fsp3) is 0.429. The minimum atomic E-state index is -0.694. The molecule has 1 aromatic rings. The highest BCUT2D eigenvalue weighted by molar-refractivity contribution is 5.80. The second-order valence-corrected chi connectivity index (χ2v) is 2.64. The second-order valence-electron chi connectivity index (χ2n) is 2.64. The Labute approximate surface area is 79.7 Å². The lowest BCUT2D eigenvalue weighted by atomic mass is 10.3. The van der Waals surface area contributed by atoms with Crippen LogP contribution >= 0.6 is 0 Å². The maximum absolute atomic E-state index is 11.4. The Morgan fingerprint density at radius 1 is 1.71 bits per heavy atom. The van der Waals surface area contributed by atoms with Crippen molar-refractivity contribution < 1.29 is 9.72 Å². The minimum absolute atomic E-state index is 0.188. The molecule has 0 aliphatic heterocycles. The summed E-state index contributed by atoms with van der Waals surface area (Å²) in [5, 5.41) is 10.4. The molecule has 0 spiro atoms. The number of rotatable bonds is 4. The van der Waals surface area contributed by atoms with E-state index in [-0.39, 0.29) is 12.3 Å². The van der Waals surface area contributed by atoms with Gasteiger partial charge in [-0.15, -0.1) is 0 Å². The Morgan fingerprint density at radius 2 is 2.43 bits per heavy atom. The molecule has 7 nitrogen and oxygen atoms in total. The zero-order valence-electron chi connectivity index (χ0n) is 7.42. The van der Waals surface area contributed by atoms with E-state index in [0.29, 0.717) is 13.0 Å². The maximum Gasteiger partial charge on any atom is 0.441 e. The smallest absolute Gasteiger partial charge is 0.390 e. The highest BCUT2D eigenvalue weighted by Crippen LogP contribution is 2.08. The molecular weight excluding hydrogens is 188 g/mol. The van der Waals surface area contributed by atoms with Gasteiger partial charge in [-0.1, -0.05) is 4.98 Å². The number of carbonyl (C=O) groups is 1. The van der Waals surface area contributed by atoms with Gasteiger partial charge in [-0.05, 0) is 17.9 Å². The van der Waals surface area contributed by atoms with E-state index in [2.05, 4.69) is 4.98 Å². The van der Waals surface area contributed by atoms with Crippen LogP contribution in [0.1, 0.15) is 17.6 Å². The van der Waals surface area contributed by atoms with Crippen molar-refractivity contribution in [3.63, 3.8) is 0 Å². The van der Waals surface area contributed by atoms with Crippen LogP contribution in [0.3, 0.4) is 0 Å². The Morgan fingerprint density at radius 3 is 3.00 bits per heavy atom. The molecule has 14 heavy (non-hydrogen) atoms. The first-order valence-electron chi connectivity index (χ1n) is 4.08. The standard InChI is InChI=1S/C7H10N4O3/c8-3-1-2-6(12)10-5-4-9-7(10)11(13)14/h4-5H,1-3,8H2. The van der Waals surface area contributed by atoms with Gasteiger partial charge in [0.25, 0.3) is 5.91 Å². The van der Waals surface area contributed by atoms with Crippen molar-refractivity contribution in [2.75, 3.05) is 6.54 Å². The first-order valence-corrected chi connectivity index (χ1v) is 4.08. The van der Waals surface area contributed by atoms with Crippen molar-refractivity contribution in [1.82, 2.24) is 9.55 Å². The average molecular weight is 198 g/mol. The van der Waals surface area contributed by atoms with Gasteiger partial charge in [-0.3, -0.25) is 4.79 Å². The van der Waals surface area contributed by atoms with Crippen LogP contribution in [0.4, 0.5) is 5.95 Å². The normalized spacial score (nSPS) is 10.1. The molecule has 0 saturated carbocycles. The molecule has 76 valence electrons. The van der Waals surface area contributed by atoms with Gasteiger partial charge in [-0.2, -0.15) is 4.57 Å². The zero-order chi connectivity index (χ0) is 10.6. The molecule has 1 rings (SSSR count). The topological polar surface area (TPSA) is 104 Å². The van der Waals surface area contributed by atoms with Crippen molar-refractivity contribution in [2.24, 2.45) is 5.73 Å². The molecule has 1 aromatic heterocycles. The van der Waals surface area contributed by atoms with E-state index in [1.807, 2.05) is 0 Å². The summed E-state index contributed by atoms with van der Waals surface area (Å²) in [7, 11) is 0. The first-order chi connectivity index (χ1) is 6.66. The second kappa shape index (κ2) is 4.47. The van der Waals surface area contributed by atoms with E-state index in [1.54, 1.807) is 0 Å². The van der Waals surface area contributed by atoms with Crippen LogP contribution in [0.25, 0.3) is 0 Å². The van der Waals surface area contributed by atoms with E-state index >= 15 is 0 Å². The van der Waals surface area contributed by atoms with Gasteiger partial charge >= 0.3 is 5.95 Å². The molecule has 0 amide bonds. The van der Waals surface area contributed by atoms with Crippen LogP contribution < -0.4 is 5.73 Å². The molecule has 2 N–H and O–H groups in total. The largest absolute Gasteiger partial charge is 0.441 e. The Bertz CT molecular complexity index is 346. The highest BCUT2D eigenvalue weighted by atomic mass is 16.6. The van der Waals surface area contributed by atoms with E-state index < -0.39 is 10.9 Å². The average Bonchev–Trinajstić information content (AvgIpc) is 2.62. The predicted octanol–water partition coefficient (Wildman–Crippen LogP) is 0.170. The van der Waals surface area contributed by atoms with Crippen LogP contribution in [-0.4, -0.2) is 26.9 Å². The Hall–Kier alpha value is -1.76. The maximum atomic E-state index is 11.4. The van der Waals surface area contributed by atoms with Crippen LogP contribution in [0.2, 0.25) is 0 Å². The number of hydrogen-bond acceptors (Lipinski definition) is 5. The molecule has 0 saturated heterocycles. The summed E-state index contributed by atoms with van der Waals surface area (Å²) >= 11 is 0. The van der Waals surface area contributed by atoms with E-state index in [4.69, 9.17) is 5.73 Å². The highest BCUT2D eigenvalue weighted by Gasteiger charge is 2.19. The van der Waals surface area contributed by atoms with Gasteiger partial charge in [0.2, 0.25) is 0 Å². The molecule has 0 aromatic carbocycles. The number of carbonyl (C=O) groups excluding carboxylic acids is 1. The SMILES string of the molecule is NCCCC(=O)n1ccnc1[N+](=O)[O-]. The number of nitrogens with zero attached hydrogens (tertiary/aromatic N) is 3. The molecule has 7 heteroatoms. The zero-order valence-corrected chi connectivity index (χ0v) is 7.42. The monoisotopic (exact) mass is 198 g/mol. The summed E-state index contributed by atoms with van der Waals surface area (Å²) in [6.07, 6.45) is 3.19. The fourth-order valence-electron chi connectivity index (χ4n) is 0.999. The van der Waals surface area contributed by atoms with Crippen LogP contribution in [0.5, 0.6) is 0 Å². The van der Waals surface area contributed by atoms with Crippen molar-refractivity contribution in [3.8, 4) is 0 Å². The lowest BCUT2D eigenvalue weighted by Gasteiger charge is -1.98. The summed E-state index contributed by atoms with van der Waals surface area (Å²) in [5.74, 6) is -0.813. The minimum Gasteiger partial charge on any atom is -0.390 e. The van der Waals surface area contributed by atoms with Crippen LogP contribution in [0, 0.1) is 10.1 Å². The molecular formula is C7H10N4O3. The van der Waals surface area contributed by atoms with E-state index in [1.165, 1.54) is 12.4 Å². The molecule has 0 fully saturated rings. The van der Waals surface area contributed by atoms with Gasteiger partial charge in [0, 0.05) is 6.42 Å². The number of imidazole rings is 1. The van der Waals surface area contributed by atoms with Crippen molar-refractivity contribution in [3.05, 3.63) is 22.5 Å². The van der Waals surface area contributed by atoms with Crippen molar-refractivity contribution in [2.45, 2.75) is 12.8 Å². The number of aromatic nitrogens is 2. The van der Waals surface area contributed by atoms with Crippen LogP contribution in [0.15, 0.2) is 12.4 Å². The quantitative estimate of drug-likeness (QED) is 0.548. The molecule has 0 aliphatic carbocycles. The van der Waals surface area contributed by atoms with Gasteiger partial charge in [0.15, 0.2) is 0 Å². The first kappa shape index (κ1) is 10.3. The van der Waals surface area contributed by atoms with Gasteiger partial charge in [-0.25, -0.2) is 0 Å². The van der Waals surface area contributed by atoms with Crippen molar-refractivity contribution >= 4 is 11.9 Å².